The number of benzene rings is 2. The zero-order valence-corrected chi connectivity index (χ0v) is 10.6. The van der Waals surface area contributed by atoms with E-state index in [9.17, 15) is 13.6 Å². The van der Waals surface area contributed by atoms with Gasteiger partial charge in [-0.3, -0.25) is 4.79 Å². The summed E-state index contributed by atoms with van der Waals surface area (Å²) < 4.78 is 26.4. The molecule has 0 saturated heterocycles. The van der Waals surface area contributed by atoms with E-state index in [-0.39, 0.29) is 5.56 Å². The first kappa shape index (κ1) is 12.6. The van der Waals surface area contributed by atoms with Gasteiger partial charge in [-0.1, -0.05) is 6.07 Å². The minimum atomic E-state index is -0.764. The fourth-order valence-corrected chi connectivity index (χ4v) is 2.44. The fraction of sp³-hybridized carbons (Fsp3) is 0.133. The standard InChI is InChI=1S/C15H12F2N2O/c16-11-5-10(6-12(17)7-11)15(20)19-4-3-9-1-2-13(18)8-14(9)19/h1-2,5-8H,3-4,18H2. The molecule has 0 atom stereocenters. The summed E-state index contributed by atoms with van der Waals surface area (Å²) in [5, 5.41) is 0. The number of rotatable bonds is 1. The maximum absolute atomic E-state index is 13.2. The number of nitrogens with two attached hydrogens (primary N) is 1. The van der Waals surface area contributed by atoms with Crippen LogP contribution in [0.3, 0.4) is 0 Å². The molecule has 1 heterocycles. The van der Waals surface area contributed by atoms with Gasteiger partial charge in [-0.15, -0.1) is 0 Å². The predicted octanol–water partition coefficient (Wildman–Crippen LogP) is 2.75. The summed E-state index contributed by atoms with van der Waals surface area (Å²) in [5.41, 5.74) is 7.98. The third-order valence-electron chi connectivity index (χ3n) is 3.36. The monoisotopic (exact) mass is 274 g/mol. The van der Waals surface area contributed by atoms with Crippen molar-refractivity contribution in [3.05, 3.63) is 59.2 Å². The molecule has 0 saturated carbocycles. The molecular formula is C15H12F2N2O. The van der Waals surface area contributed by atoms with Crippen LogP contribution >= 0.6 is 0 Å². The molecule has 3 rings (SSSR count). The van der Waals surface area contributed by atoms with Crippen molar-refractivity contribution in [2.45, 2.75) is 6.42 Å². The van der Waals surface area contributed by atoms with Crippen molar-refractivity contribution in [3.8, 4) is 0 Å². The van der Waals surface area contributed by atoms with Crippen LogP contribution in [0.15, 0.2) is 36.4 Å². The summed E-state index contributed by atoms with van der Waals surface area (Å²) in [6.45, 7) is 0.482. The van der Waals surface area contributed by atoms with Gasteiger partial charge in [0.25, 0.3) is 5.91 Å². The second-order valence-electron chi connectivity index (χ2n) is 4.75. The van der Waals surface area contributed by atoms with Crippen LogP contribution in [0.25, 0.3) is 0 Å². The Morgan fingerprint density at radius 2 is 1.80 bits per heavy atom. The number of carbonyl (C=O) groups excluding carboxylic acids is 1. The Morgan fingerprint density at radius 3 is 2.50 bits per heavy atom. The Balaban J connectivity index is 1.99. The number of halogens is 2. The number of anilines is 2. The molecule has 0 aliphatic carbocycles. The number of hydrogen-bond donors (Lipinski definition) is 1. The predicted molar refractivity (Wildman–Crippen MR) is 72.6 cm³/mol. The Labute approximate surface area is 114 Å². The van der Waals surface area contributed by atoms with Crippen molar-refractivity contribution >= 4 is 17.3 Å². The average molecular weight is 274 g/mol. The largest absolute Gasteiger partial charge is 0.399 e. The number of nitrogens with zero attached hydrogens (tertiary/aromatic N) is 1. The third-order valence-corrected chi connectivity index (χ3v) is 3.36. The van der Waals surface area contributed by atoms with Gasteiger partial charge >= 0.3 is 0 Å². The molecule has 5 heteroatoms. The van der Waals surface area contributed by atoms with E-state index in [2.05, 4.69) is 0 Å². The van der Waals surface area contributed by atoms with Crippen molar-refractivity contribution in [1.82, 2.24) is 0 Å². The molecule has 2 aromatic rings. The van der Waals surface area contributed by atoms with E-state index in [1.807, 2.05) is 6.07 Å². The maximum Gasteiger partial charge on any atom is 0.258 e. The molecule has 2 aromatic carbocycles. The summed E-state index contributed by atoms with van der Waals surface area (Å²) in [5.74, 6) is -1.95. The van der Waals surface area contributed by atoms with Crippen molar-refractivity contribution < 1.29 is 13.6 Å². The van der Waals surface area contributed by atoms with Crippen molar-refractivity contribution in [2.75, 3.05) is 17.2 Å². The van der Waals surface area contributed by atoms with Gasteiger partial charge in [-0.05, 0) is 36.2 Å². The van der Waals surface area contributed by atoms with Gasteiger partial charge in [0.15, 0.2) is 0 Å². The lowest BCUT2D eigenvalue weighted by molar-refractivity contribution is 0.0988. The second kappa shape index (κ2) is 4.59. The Bertz CT molecular complexity index is 680. The molecule has 0 radical (unpaired) electrons. The first-order chi connectivity index (χ1) is 9.54. The van der Waals surface area contributed by atoms with E-state index in [0.29, 0.717) is 24.3 Å². The van der Waals surface area contributed by atoms with Crippen LogP contribution in [0.1, 0.15) is 15.9 Å². The zero-order chi connectivity index (χ0) is 14.3. The minimum Gasteiger partial charge on any atom is -0.399 e. The van der Waals surface area contributed by atoms with Gasteiger partial charge < -0.3 is 10.6 Å². The number of fused-ring (bicyclic) bond motifs is 1. The smallest absolute Gasteiger partial charge is 0.258 e. The van der Waals surface area contributed by atoms with Gasteiger partial charge in [-0.2, -0.15) is 0 Å². The Morgan fingerprint density at radius 1 is 1.10 bits per heavy atom. The molecule has 1 aliphatic rings. The van der Waals surface area contributed by atoms with Gasteiger partial charge in [0.1, 0.15) is 11.6 Å². The van der Waals surface area contributed by atoms with E-state index in [1.54, 1.807) is 12.1 Å². The molecular weight excluding hydrogens is 262 g/mol. The lowest BCUT2D eigenvalue weighted by Gasteiger charge is -2.17. The first-order valence-electron chi connectivity index (χ1n) is 6.21. The topological polar surface area (TPSA) is 46.3 Å². The van der Waals surface area contributed by atoms with Crippen molar-refractivity contribution in [2.24, 2.45) is 0 Å². The number of nitrogen functional groups attached to an aromatic ring is 1. The summed E-state index contributed by atoms with van der Waals surface area (Å²) in [6, 6.07) is 8.16. The van der Waals surface area contributed by atoms with Crippen LogP contribution < -0.4 is 10.6 Å². The van der Waals surface area contributed by atoms with E-state index < -0.39 is 17.5 Å². The maximum atomic E-state index is 13.2. The van der Waals surface area contributed by atoms with Crippen LogP contribution in [-0.2, 0) is 6.42 Å². The summed E-state index contributed by atoms with van der Waals surface area (Å²) in [4.78, 5) is 13.9. The Kier molecular flexibility index (Phi) is 2.89. The highest BCUT2D eigenvalue weighted by molar-refractivity contribution is 6.07. The molecule has 2 N–H and O–H groups in total. The van der Waals surface area contributed by atoms with E-state index in [0.717, 1.165) is 23.8 Å². The van der Waals surface area contributed by atoms with E-state index in [1.165, 1.54) is 4.90 Å². The highest BCUT2D eigenvalue weighted by atomic mass is 19.1. The highest BCUT2D eigenvalue weighted by Gasteiger charge is 2.26. The highest BCUT2D eigenvalue weighted by Crippen LogP contribution is 2.31. The van der Waals surface area contributed by atoms with Gasteiger partial charge in [0.2, 0.25) is 0 Å². The quantitative estimate of drug-likeness (QED) is 0.813. The second-order valence-corrected chi connectivity index (χ2v) is 4.75. The SMILES string of the molecule is Nc1ccc2c(c1)N(C(=O)c1cc(F)cc(F)c1)CC2. The van der Waals surface area contributed by atoms with Crippen LogP contribution in [0, 0.1) is 11.6 Å². The van der Waals surface area contributed by atoms with Gasteiger partial charge in [0, 0.05) is 29.5 Å². The van der Waals surface area contributed by atoms with Crippen LogP contribution in [0.5, 0.6) is 0 Å². The van der Waals surface area contributed by atoms with Gasteiger partial charge in [0.05, 0.1) is 0 Å². The van der Waals surface area contributed by atoms with Crippen LogP contribution in [0.2, 0.25) is 0 Å². The van der Waals surface area contributed by atoms with Crippen LogP contribution in [0.4, 0.5) is 20.2 Å². The van der Waals surface area contributed by atoms with Crippen LogP contribution in [-0.4, -0.2) is 12.5 Å². The van der Waals surface area contributed by atoms with Gasteiger partial charge in [-0.25, -0.2) is 8.78 Å². The first-order valence-corrected chi connectivity index (χ1v) is 6.21. The molecule has 20 heavy (non-hydrogen) atoms. The molecule has 1 amide bonds. The normalized spacial score (nSPS) is 13.4. The number of amides is 1. The third kappa shape index (κ3) is 2.11. The number of carbonyl (C=O) groups is 1. The molecule has 102 valence electrons. The lowest BCUT2D eigenvalue weighted by atomic mass is 10.1. The summed E-state index contributed by atoms with van der Waals surface area (Å²) >= 11 is 0. The summed E-state index contributed by atoms with van der Waals surface area (Å²) in [6.07, 6.45) is 0.707. The molecule has 0 bridgehead atoms. The number of hydrogen-bond acceptors (Lipinski definition) is 2. The average Bonchev–Trinajstić information content (AvgIpc) is 2.79. The Hall–Kier alpha value is -2.43. The minimum absolute atomic E-state index is 0.00206. The molecule has 0 aromatic heterocycles. The lowest BCUT2D eigenvalue weighted by Crippen LogP contribution is -2.29. The molecule has 3 nitrogen and oxygen atoms in total. The molecule has 0 fully saturated rings. The summed E-state index contributed by atoms with van der Waals surface area (Å²) in [7, 11) is 0. The molecule has 1 aliphatic heterocycles. The zero-order valence-electron chi connectivity index (χ0n) is 10.6. The van der Waals surface area contributed by atoms with E-state index >= 15 is 0 Å². The molecule has 0 spiro atoms. The molecule has 0 unspecified atom stereocenters. The van der Waals surface area contributed by atoms with Crippen molar-refractivity contribution in [1.29, 1.82) is 0 Å². The fourth-order valence-electron chi connectivity index (χ4n) is 2.44. The van der Waals surface area contributed by atoms with Crippen molar-refractivity contribution in [3.63, 3.8) is 0 Å². The van der Waals surface area contributed by atoms with E-state index in [4.69, 9.17) is 5.73 Å².